The first-order valence-electron chi connectivity index (χ1n) is 7.74. The van der Waals surface area contributed by atoms with E-state index in [9.17, 15) is 18.0 Å². The number of alkyl halides is 3. The minimum absolute atomic E-state index is 0.0423. The van der Waals surface area contributed by atoms with Crippen LogP contribution in [0.2, 0.25) is 0 Å². The number of halogens is 3. The molecule has 0 unspecified atom stereocenters. The molecule has 0 aliphatic rings. The standard InChI is InChI=1S/C20H14F3NOS/c21-20(22,23)15-8-6-7-14(13-15)19(25)24-17-11-4-5-12-18(17)26-16-9-2-1-3-10-16/h1-13H,(H,24,25). The fourth-order valence-corrected chi connectivity index (χ4v) is 3.23. The number of hydrogen-bond acceptors (Lipinski definition) is 2. The Balaban J connectivity index is 1.82. The monoisotopic (exact) mass is 373 g/mol. The largest absolute Gasteiger partial charge is 0.416 e. The molecule has 0 radical (unpaired) electrons. The van der Waals surface area contributed by atoms with Crippen molar-refractivity contribution >= 4 is 23.4 Å². The summed E-state index contributed by atoms with van der Waals surface area (Å²) in [4.78, 5) is 14.2. The molecular formula is C20H14F3NOS. The van der Waals surface area contributed by atoms with E-state index in [1.54, 1.807) is 12.1 Å². The Morgan fingerprint density at radius 3 is 2.27 bits per heavy atom. The maximum Gasteiger partial charge on any atom is 0.416 e. The van der Waals surface area contributed by atoms with Gasteiger partial charge in [-0.15, -0.1) is 0 Å². The average molecular weight is 373 g/mol. The topological polar surface area (TPSA) is 29.1 Å². The zero-order valence-corrected chi connectivity index (χ0v) is 14.3. The molecule has 0 heterocycles. The minimum Gasteiger partial charge on any atom is -0.321 e. The summed E-state index contributed by atoms with van der Waals surface area (Å²) in [6.07, 6.45) is -4.49. The Bertz CT molecular complexity index is 910. The second-order valence-corrected chi connectivity index (χ2v) is 6.56. The third-order valence-electron chi connectivity index (χ3n) is 3.56. The number of amides is 1. The van der Waals surface area contributed by atoms with Gasteiger partial charge in [0.25, 0.3) is 5.91 Å². The molecule has 0 bridgehead atoms. The summed E-state index contributed by atoms with van der Waals surface area (Å²) in [5.41, 5.74) is -0.347. The molecule has 0 saturated heterocycles. The highest BCUT2D eigenvalue weighted by atomic mass is 32.2. The van der Waals surface area contributed by atoms with Crippen LogP contribution >= 0.6 is 11.8 Å². The molecule has 0 aliphatic heterocycles. The van der Waals surface area contributed by atoms with Gasteiger partial charge in [0.15, 0.2) is 0 Å². The van der Waals surface area contributed by atoms with E-state index in [0.29, 0.717) is 5.69 Å². The minimum atomic E-state index is -4.49. The van der Waals surface area contributed by atoms with Crippen molar-refractivity contribution < 1.29 is 18.0 Å². The molecule has 132 valence electrons. The molecule has 6 heteroatoms. The van der Waals surface area contributed by atoms with Crippen molar-refractivity contribution in [2.75, 3.05) is 5.32 Å². The van der Waals surface area contributed by atoms with Crippen LogP contribution < -0.4 is 5.32 Å². The van der Waals surface area contributed by atoms with Crippen LogP contribution in [0.3, 0.4) is 0 Å². The lowest BCUT2D eigenvalue weighted by atomic mass is 10.1. The van der Waals surface area contributed by atoms with Gasteiger partial charge >= 0.3 is 6.18 Å². The molecule has 0 aliphatic carbocycles. The Morgan fingerprint density at radius 2 is 1.54 bits per heavy atom. The summed E-state index contributed by atoms with van der Waals surface area (Å²) >= 11 is 1.46. The van der Waals surface area contributed by atoms with Gasteiger partial charge in [-0.25, -0.2) is 0 Å². The van der Waals surface area contributed by atoms with E-state index < -0.39 is 17.6 Å². The molecule has 0 atom stereocenters. The molecule has 3 aromatic carbocycles. The summed E-state index contributed by atoms with van der Waals surface area (Å²) < 4.78 is 38.5. The van der Waals surface area contributed by atoms with Crippen molar-refractivity contribution in [3.63, 3.8) is 0 Å². The third kappa shape index (κ3) is 4.46. The molecule has 0 spiro atoms. The number of benzene rings is 3. The molecule has 26 heavy (non-hydrogen) atoms. The first-order valence-corrected chi connectivity index (χ1v) is 8.56. The maximum atomic E-state index is 12.8. The lowest BCUT2D eigenvalue weighted by Gasteiger charge is -2.12. The van der Waals surface area contributed by atoms with Crippen molar-refractivity contribution in [1.29, 1.82) is 0 Å². The summed E-state index contributed by atoms with van der Waals surface area (Å²) in [5.74, 6) is -0.586. The number of anilines is 1. The summed E-state index contributed by atoms with van der Waals surface area (Å²) in [6.45, 7) is 0. The highest BCUT2D eigenvalue weighted by molar-refractivity contribution is 7.99. The smallest absolute Gasteiger partial charge is 0.321 e. The van der Waals surface area contributed by atoms with E-state index in [2.05, 4.69) is 5.32 Å². The van der Waals surface area contributed by atoms with Gasteiger partial charge in [-0.1, -0.05) is 48.2 Å². The van der Waals surface area contributed by atoms with E-state index in [-0.39, 0.29) is 5.56 Å². The predicted octanol–water partition coefficient (Wildman–Crippen LogP) is 6.11. The van der Waals surface area contributed by atoms with Crippen molar-refractivity contribution in [3.05, 3.63) is 90.0 Å². The highest BCUT2D eigenvalue weighted by Crippen LogP contribution is 2.34. The fourth-order valence-electron chi connectivity index (χ4n) is 2.31. The molecule has 2 nitrogen and oxygen atoms in total. The summed E-state index contributed by atoms with van der Waals surface area (Å²) in [5, 5.41) is 2.70. The lowest BCUT2D eigenvalue weighted by molar-refractivity contribution is -0.137. The van der Waals surface area contributed by atoms with Crippen LogP contribution in [0.25, 0.3) is 0 Å². The van der Waals surface area contributed by atoms with Gasteiger partial charge in [0.05, 0.1) is 11.3 Å². The van der Waals surface area contributed by atoms with Gasteiger partial charge in [0, 0.05) is 15.4 Å². The van der Waals surface area contributed by atoms with Crippen LogP contribution in [0.15, 0.2) is 88.7 Å². The SMILES string of the molecule is O=C(Nc1ccccc1Sc1ccccc1)c1cccc(C(F)(F)F)c1. The average Bonchev–Trinajstić information content (AvgIpc) is 2.63. The zero-order chi connectivity index (χ0) is 18.6. The molecule has 0 fully saturated rings. The van der Waals surface area contributed by atoms with Gasteiger partial charge in [-0.2, -0.15) is 13.2 Å². The Hall–Kier alpha value is -2.73. The molecule has 0 saturated carbocycles. The Kier molecular flexibility index (Phi) is 5.32. The maximum absolute atomic E-state index is 12.8. The molecule has 1 amide bonds. The van der Waals surface area contributed by atoms with E-state index in [4.69, 9.17) is 0 Å². The van der Waals surface area contributed by atoms with Gasteiger partial charge in [-0.3, -0.25) is 4.79 Å². The van der Waals surface area contributed by atoms with Crippen molar-refractivity contribution in [2.24, 2.45) is 0 Å². The van der Waals surface area contributed by atoms with Crippen LogP contribution in [-0.2, 0) is 6.18 Å². The van der Waals surface area contributed by atoms with E-state index in [1.807, 2.05) is 42.5 Å². The van der Waals surface area contributed by atoms with E-state index in [0.717, 1.165) is 21.9 Å². The molecule has 1 N–H and O–H groups in total. The third-order valence-corrected chi connectivity index (χ3v) is 4.64. The second-order valence-electron chi connectivity index (χ2n) is 5.44. The van der Waals surface area contributed by atoms with Crippen LogP contribution in [0.5, 0.6) is 0 Å². The molecular weight excluding hydrogens is 359 g/mol. The van der Waals surface area contributed by atoms with Crippen molar-refractivity contribution in [1.82, 2.24) is 0 Å². The molecule has 3 rings (SSSR count). The molecule has 3 aromatic rings. The number of nitrogens with one attached hydrogen (secondary N) is 1. The number of carbonyl (C=O) groups is 1. The first-order chi connectivity index (χ1) is 12.4. The number of rotatable bonds is 4. The normalized spacial score (nSPS) is 11.2. The predicted molar refractivity (Wildman–Crippen MR) is 96.4 cm³/mol. The van der Waals surface area contributed by atoms with Gasteiger partial charge < -0.3 is 5.32 Å². The second kappa shape index (κ2) is 7.66. The number of para-hydroxylation sites is 1. The van der Waals surface area contributed by atoms with E-state index in [1.165, 1.54) is 23.9 Å². The lowest BCUT2D eigenvalue weighted by Crippen LogP contribution is -2.14. The summed E-state index contributed by atoms with van der Waals surface area (Å²) in [7, 11) is 0. The Morgan fingerprint density at radius 1 is 0.846 bits per heavy atom. The van der Waals surface area contributed by atoms with Crippen LogP contribution in [-0.4, -0.2) is 5.91 Å². The number of carbonyl (C=O) groups excluding carboxylic acids is 1. The van der Waals surface area contributed by atoms with Gasteiger partial charge in [0.1, 0.15) is 0 Å². The Labute approximate surface area is 153 Å². The van der Waals surface area contributed by atoms with Crippen LogP contribution in [0.4, 0.5) is 18.9 Å². The van der Waals surface area contributed by atoms with Crippen LogP contribution in [0, 0.1) is 0 Å². The highest BCUT2D eigenvalue weighted by Gasteiger charge is 2.30. The van der Waals surface area contributed by atoms with Crippen LogP contribution in [0.1, 0.15) is 15.9 Å². The zero-order valence-electron chi connectivity index (χ0n) is 13.5. The quantitative estimate of drug-likeness (QED) is 0.598. The van der Waals surface area contributed by atoms with Crippen molar-refractivity contribution in [2.45, 2.75) is 16.0 Å². The summed E-state index contributed by atoms with van der Waals surface area (Å²) in [6, 6.07) is 21.1. The first kappa shape index (κ1) is 18.1. The molecule has 0 aromatic heterocycles. The fraction of sp³-hybridized carbons (Fsp3) is 0.0500. The van der Waals surface area contributed by atoms with Gasteiger partial charge in [-0.05, 0) is 42.5 Å². The van der Waals surface area contributed by atoms with E-state index >= 15 is 0 Å². The van der Waals surface area contributed by atoms with Gasteiger partial charge in [0.2, 0.25) is 0 Å². The number of hydrogen-bond donors (Lipinski definition) is 1. The van der Waals surface area contributed by atoms with Crippen molar-refractivity contribution in [3.8, 4) is 0 Å².